The minimum Gasteiger partial charge on any atom is -0.481 e. The highest BCUT2D eigenvalue weighted by Crippen LogP contribution is 2.43. The Labute approximate surface area is 262 Å². The van der Waals surface area contributed by atoms with Gasteiger partial charge in [-0.3, -0.25) is 14.2 Å². The number of rotatable bonds is 6. The van der Waals surface area contributed by atoms with Gasteiger partial charge >= 0.3 is 12.1 Å². The summed E-state index contributed by atoms with van der Waals surface area (Å²) in [7, 11) is -4.10. The molecule has 2 N–H and O–H groups in total. The Hall–Kier alpha value is -4.15. The maximum Gasteiger partial charge on any atom is 0.452 e. The van der Waals surface area contributed by atoms with Crippen molar-refractivity contribution < 1.29 is 36.2 Å². The van der Waals surface area contributed by atoms with E-state index in [-0.39, 0.29) is 29.5 Å². The van der Waals surface area contributed by atoms with Gasteiger partial charge in [-0.25, -0.2) is 13.4 Å². The molecule has 6 heterocycles. The predicted molar refractivity (Wildman–Crippen MR) is 158 cm³/mol. The van der Waals surface area contributed by atoms with Crippen LogP contribution in [0.15, 0.2) is 41.6 Å². The smallest absolute Gasteiger partial charge is 0.452 e. The van der Waals surface area contributed by atoms with E-state index in [2.05, 4.69) is 20.5 Å². The van der Waals surface area contributed by atoms with Gasteiger partial charge in [-0.2, -0.15) is 17.5 Å². The first kappa shape index (κ1) is 31.8. The number of nitrogens with one attached hydrogen (secondary N) is 1. The lowest BCUT2D eigenvalue weighted by Gasteiger charge is -2.42. The quantitative estimate of drug-likeness (QED) is 0.314. The Kier molecular flexibility index (Phi) is 7.40. The SMILES string of the molecule is Cc1cnc2c(c1)S(=O)(=O)N(Cc1nc([C@@H](c3ccn4c(C(F)(F)F)nnc4c3C)C(C)(C)C(=O)O)ccc1C)CC1(CNC1)O2. The van der Waals surface area contributed by atoms with Gasteiger partial charge in [0.15, 0.2) is 5.65 Å². The number of sulfonamides is 1. The van der Waals surface area contributed by atoms with Crippen molar-refractivity contribution in [3.63, 3.8) is 0 Å². The van der Waals surface area contributed by atoms with Crippen LogP contribution in [0.3, 0.4) is 0 Å². The molecule has 1 spiro atoms. The molecule has 244 valence electrons. The van der Waals surface area contributed by atoms with Gasteiger partial charge in [0.25, 0.3) is 0 Å². The van der Waals surface area contributed by atoms with Crippen LogP contribution in [0.5, 0.6) is 5.88 Å². The number of nitrogens with zero attached hydrogens (tertiary/aromatic N) is 6. The molecule has 1 fully saturated rings. The Bertz CT molecular complexity index is 1990. The number of hydrogen-bond acceptors (Lipinski definition) is 9. The molecule has 4 aromatic heterocycles. The summed E-state index contributed by atoms with van der Waals surface area (Å²) in [5.74, 6) is -3.29. The van der Waals surface area contributed by atoms with Crippen molar-refractivity contribution in [3.05, 3.63) is 76.1 Å². The van der Waals surface area contributed by atoms with Crippen LogP contribution >= 0.6 is 0 Å². The zero-order chi connectivity index (χ0) is 33.4. The summed E-state index contributed by atoms with van der Waals surface area (Å²) < 4.78 is 77.1. The number of alkyl halides is 3. The predicted octanol–water partition coefficient (Wildman–Crippen LogP) is 3.63. The number of aromatic nitrogens is 5. The minimum atomic E-state index is -4.75. The third-order valence-electron chi connectivity index (χ3n) is 8.79. The van der Waals surface area contributed by atoms with Crippen molar-refractivity contribution in [2.24, 2.45) is 5.41 Å². The first-order valence-corrected chi connectivity index (χ1v) is 15.9. The number of hydrogen-bond donors (Lipinski definition) is 2. The zero-order valence-corrected chi connectivity index (χ0v) is 26.5. The Balaban J connectivity index is 1.46. The van der Waals surface area contributed by atoms with Crippen molar-refractivity contribution in [1.29, 1.82) is 0 Å². The summed E-state index contributed by atoms with van der Waals surface area (Å²) in [5.41, 5.74) is 0.304. The summed E-state index contributed by atoms with van der Waals surface area (Å²) in [5, 5.41) is 20.6. The van der Waals surface area contributed by atoms with Crippen molar-refractivity contribution in [2.45, 2.75) is 63.8 Å². The number of aliphatic carboxylic acids is 1. The molecule has 0 bridgehead atoms. The van der Waals surface area contributed by atoms with Gasteiger partial charge in [-0.05, 0) is 75.1 Å². The van der Waals surface area contributed by atoms with E-state index in [9.17, 15) is 31.5 Å². The molecule has 6 rings (SSSR count). The molecule has 16 heteroatoms. The highest BCUT2D eigenvalue weighted by molar-refractivity contribution is 7.89. The van der Waals surface area contributed by atoms with Crippen LogP contribution in [-0.4, -0.2) is 73.6 Å². The average Bonchev–Trinajstić information content (AvgIpc) is 3.37. The number of carboxylic acid groups (broad SMARTS) is 1. The number of pyridine rings is 3. The summed E-state index contributed by atoms with van der Waals surface area (Å²) in [6, 6.07) is 6.33. The number of carbonyl (C=O) groups is 1. The van der Waals surface area contributed by atoms with E-state index in [1.165, 1.54) is 36.5 Å². The van der Waals surface area contributed by atoms with E-state index in [1.54, 1.807) is 39.1 Å². The minimum absolute atomic E-state index is 0.0251. The Morgan fingerprint density at radius 2 is 1.87 bits per heavy atom. The van der Waals surface area contributed by atoms with E-state index in [0.717, 1.165) is 4.40 Å². The van der Waals surface area contributed by atoms with Crippen LogP contribution < -0.4 is 10.1 Å². The molecule has 0 saturated carbocycles. The van der Waals surface area contributed by atoms with E-state index in [4.69, 9.17) is 9.72 Å². The standard InChI is InChI=1S/C30H32F3N7O5S/c1-16-10-22-25(35-11-16)45-29(13-34-14-29)15-39(46(22,43)44)12-21-17(2)6-7-20(36-21)23(28(4,5)27(41)42)19-8-9-40-24(18(19)3)37-38-26(40)30(31,32)33/h6-11,23,34H,12-15H2,1-5H3,(H,41,42)/t23-/m1/s1. The molecule has 1 saturated heterocycles. The summed E-state index contributed by atoms with van der Waals surface area (Å²) in [6.07, 6.45) is -2.03. The number of ether oxygens (including phenoxy) is 1. The van der Waals surface area contributed by atoms with Crippen LogP contribution in [0.25, 0.3) is 5.65 Å². The third-order valence-corrected chi connectivity index (χ3v) is 10.6. The molecule has 0 unspecified atom stereocenters. The van der Waals surface area contributed by atoms with Crippen LogP contribution in [0.2, 0.25) is 0 Å². The van der Waals surface area contributed by atoms with Gasteiger partial charge < -0.3 is 15.2 Å². The fraction of sp³-hybridized carbons (Fsp3) is 0.433. The van der Waals surface area contributed by atoms with Gasteiger partial charge in [-0.1, -0.05) is 6.07 Å². The van der Waals surface area contributed by atoms with Crippen molar-refractivity contribution in [1.82, 2.24) is 34.2 Å². The van der Waals surface area contributed by atoms with Gasteiger partial charge in [0.1, 0.15) is 10.5 Å². The molecular formula is C30H32F3N7O5S. The molecule has 12 nitrogen and oxygen atoms in total. The second-order valence-corrected chi connectivity index (χ2v) is 14.5. The molecule has 4 aromatic rings. The number of fused-ring (bicyclic) bond motifs is 2. The second-order valence-electron chi connectivity index (χ2n) is 12.5. The van der Waals surface area contributed by atoms with Crippen molar-refractivity contribution >= 4 is 21.6 Å². The zero-order valence-electron chi connectivity index (χ0n) is 25.7. The van der Waals surface area contributed by atoms with Gasteiger partial charge in [0, 0.05) is 37.1 Å². The lowest BCUT2D eigenvalue weighted by molar-refractivity contribution is -0.147. The highest BCUT2D eigenvalue weighted by Gasteiger charge is 2.49. The summed E-state index contributed by atoms with van der Waals surface area (Å²) in [6.45, 7) is 8.79. The number of aryl methyl sites for hydroxylation is 3. The monoisotopic (exact) mass is 659 g/mol. The molecule has 2 aliphatic rings. The number of halogens is 3. The van der Waals surface area contributed by atoms with E-state index in [1.807, 2.05) is 0 Å². The lowest BCUT2D eigenvalue weighted by Crippen LogP contribution is -2.67. The number of carboxylic acids is 1. The summed E-state index contributed by atoms with van der Waals surface area (Å²) >= 11 is 0. The van der Waals surface area contributed by atoms with E-state index < -0.39 is 44.9 Å². The van der Waals surface area contributed by atoms with Crippen molar-refractivity contribution in [2.75, 3.05) is 19.6 Å². The normalized spacial score (nSPS) is 18.4. The molecule has 0 radical (unpaired) electrons. The maximum absolute atomic E-state index is 14.0. The van der Waals surface area contributed by atoms with Gasteiger partial charge in [-0.15, -0.1) is 10.2 Å². The second kappa shape index (κ2) is 10.7. The third kappa shape index (κ3) is 5.17. The molecule has 2 aliphatic heterocycles. The molecule has 0 amide bonds. The Morgan fingerprint density at radius 3 is 2.50 bits per heavy atom. The molecule has 1 atom stereocenters. The largest absolute Gasteiger partial charge is 0.481 e. The molecule has 0 aliphatic carbocycles. The molecular weight excluding hydrogens is 627 g/mol. The van der Waals surface area contributed by atoms with Gasteiger partial charge in [0.2, 0.25) is 21.7 Å². The fourth-order valence-corrected chi connectivity index (χ4v) is 7.65. The first-order valence-electron chi connectivity index (χ1n) is 14.4. The first-order chi connectivity index (χ1) is 21.4. The average molecular weight is 660 g/mol. The van der Waals surface area contributed by atoms with E-state index in [0.29, 0.717) is 46.7 Å². The Morgan fingerprint density at radius 1 is 1.15 bits per heavy atom. The van der Waals surface area contributed by atoms with Gasteiger partial charge in [0.05, 0.1) is 24.2 Å². The fourth-order valence-electron chi connectivity index (χ4n) is 6.02. The summed E-state index contributed by atoms with van der Waals surface area (Å²) in [4.78, 5) is 21.7. The van der Waals surface area contributed by atoms with E-state index >= 15 is 0 Å². The lowest BCUT2D eigenvalue weighted by atomic mass is 9.72. The topological polar surface area (TPSA) is 152 Å². The highest BCUT2D eigenvalue weighted by atomic mass is 32.2. The van der Waals surface area contributed by atoms with Crippen LogP contribution in [0.1, 0.15) is 59.2 Å². The maximum atomic E-state index is 14.0. The van der Waals surface area contributed by atoms with Crippen LogP contribution in [-0.2, 0) is 27.5 Å². The van der Waals surface area contributed by atoms with Crippen LogP contribution in [0, 0.1) is 26.2 Å². The van der Waals surface area contributed by atoms with Crippen molar-refractivity contribution in [3.8, 4) is 5.88 Å². The molecule has 0 aromatic carbocycles. The molecule has 46 heavy (non-hydrogen) atoms. The van der Waals surface area contributed by atoms with Crippen LogP contribution in [0.4, 0.5) is 13.2 Å².